The van der Waals surface area contributed by atoms with Gasteiger partial charge in [-0.05, 0) is 49.7 Å². The number of amides is 2. The molecule has 0 aromatic heterocycles. The zero-order valence-corrected chi connectivity index (χ0v) is 19.8. The Morgan fingerprint density at radius 2 is 1.86 bits per heavy atom. The largest absolute Gasteiger partial charge is 0.493 e. The molecule has 2 amide bonds. The number of methoxy groups -OCH3 is 1. The summed E-state index contributed by atoms with van der Waals surface area (Å²) in [5.41, 5.74) is 7.31. The van der Waals surface area contributed by atoms with Crippen molar-refractivity contribution >= 4 is 12.0 Å². The Labute approximate surface area is 204 Å². The van der Waals surface area contributed by atoms with E-state index >= 15 is 0 Å². The fourth-order valence-corrected chi connectivity index (χ4v) is 5.91. The molecule has 8 nitrogen and oxygen atoms in total. The molecule has 4 unspecified atom stereocenters. The minimum Gasteiger partial charge on any atom is -0.493 e. The van der Waals surface area contributed by atoms with Gasteiger partial charge >= 0.3 is 6.09 Å². The van der Waals surface area contributed by atoms with Crippen LogP contribution in [-0.4, -0.2) is 59.9 Å². The number of rotatable bonds is 5. The number of halogens is 1. The van der Waals surface area contributed by atoms with Gasteiger partial charge in [0.15, 0.2) is 0 Å². The van der Waals surface area contributed by atoms with Gasteiger partial charge in [-0.25, -0.2) is 14.2 Å². The molecule has 3 aliphatic heterocycles. The molecule has 3 heterocycles. The first kappa shape index (κ1) is 23.6. The molecule has 3 aliphatic rings. The topological polar surface area (TPSA) is 88.3 Å². The summed E-state index contributed by atoms with van der Waals surface area (Å²) in [5, 5.41) is 3.53. The van der Waals surface area contributed by atoms with Crippen LogP contribution in [0.2, 0.25) is 0 Å². The molecule has 2 saturated heterocycles. The van der Waals surface area contributed by atoms with Gasteiger partial charge in [-0.15, -0.1) is 0 Å². The normalized spacial score (nSPS) is 25.3. The summed E-state index contributed by atoms with van der Waals surface area (Å²) in [5.74, 6) is -0.486. The molecule has 2 fully saturated rings. The van der Waals surface area contributed by atoms with Crippen molar-refractivity contribution < 1.29 is 23.5 Å². The Kier molecular flexibility index (Phi) is 6.62. The third-order valence-electron chi connectivity index (χ3n) is 7.33. The maximum absolute atomic E-state index is 14.5. The molecule has 0 bridgehead atoms. The van der Waals surface area contributed by atoms with Gasteiger partial charge in [0.2, 0.25) is 5.91 Å². The third kappa shape index (κ3) is 4.34. The molecule has 186 valence electrons. The highest BCUT2D eigenvalue weighted by atomic mass is 19.1. The summed E-state index contributed by atoms with van der Waals surface area (Å²) in [4.78, 5) is 27.9. The first-order chi connectivity index (χ1) is 17.0. The fourth-order valence-electron chi connectivity index (χ4n) is 5.91. The average Bonchev–Trinajstić information content (AvgIpc) is 3.23. The van der Waals surface area contributed by atoms with Crippen molar-refractivity contribution in [2.45, 2.75) is 43.9 Å². The molecule has 9 heteroatoms. The van der Waals surface area contributed by atoms with Crippen LogP contribution in [0.15, 0.2) is 48.5 Å². The van der Waals surface area contributed by atoms with E-state index in [1.807, 2.05) is 35.3 Å². The highest BCUT2D eigenvalue weighted by Gasteiger charge is 2.57. The quantitative estimate of drug-likeness (QED) is 0.701. The number of carbonyl (C=O) groups is 2. The molecule has 2 N–H and O–H groups in total. The number of fused-ring (bicyclic) bond motifs is 3. The second-order valence-corrected chi connectivity index (χ2v) is 9.40. The monoisotopic (exact) mass is 482 g/mol. The second-order valence-electron chi connectivity index (χ2n) is 9.40. The number of nitrogens with two attached hydrogens (primary N) is 1. The van der Waals surface area contributed by atoms with Crippen molar-refractivity contribution in [3.8, 4) is 5.75 Å². The smallest absolute Gasteiger partial charge is 0.424 e. The molecule has 0 radical (unpaired) electrons. The van der Waals surface area contributed by atoms with Crippen LogP contribution in [0.3, 0.4) is 0 Å². The minimum absolute atomic E-state index is 0.0315. The zero-order chi connectivity index (χ0) is 24.5. The Morgan fingerprint density at radius 3 is 2.54 bits per heavy atom. The van der Waals surface area contributed by atoms with E-state index < -0.39 is 30.2 Å². The number of likely N-dealkylation sites (tertiary alicyclic amines) is 1. The van der Waals surface area contributed by atoms with Gasteiger partial charge in [-0.3, -0.25) is 9.69 Å². The molecular formula is C26H31FN4O4. The summed E-state index contributed by atoms with van der Waals surface area (Å²) >= 11 is 0. The molecule has 2 aromatic carbocycles. The predicted molar refractivity (Wildman–Crippen MR) is 126 cm³/mol. The first-order valence-corrected chi connectivity index (χ1v) is 12.1. The van der Waals surface area contributed by atoms with Crippen LogP contribution >= 0.6 is 0 Å². The second kappa shape index (κ2) is 9.83. The van der Waals surface area contributed by atoms with Crippen LogP contribution in [0, 0.1) is 11.7 Å². The number of primary amides is 1. The summed E-state index contributed by atoms with van der Waals surface area (Å²) in [7, 11) is 1.35. The van der Waals surface area contributed by atoms with E-state index in [2.05, 4.69) is 4.90 Å². The molecule has 2 aromatic rings. The van der Waals surface area contributed by atoms with Gasteiger partial charge in [-0.2, -0.15) is 5.01 Å². The molecule has 0 saturated carbocycles. The lowest BCUT2D eigenvalue weighted by atomic mass is 9.84. The lowest BCUT2D eigenvalue weighted by Crippen LogP contribution is -2.57. The fraction of sp³-hybridized carbons (Fsp3) is 0.462. The Balaban J connectivity index is 1.70. The van der Waals surface area contributed by atoms with Crippen LogP contribution in [-0.2, 0) is 9.53 Å². The van der Waals surface area contributed by atoms with Crippen molar-refractivity contribution in [3.05, 3.63) is 65.5 Å². The number of hydrogen-bond donors (Lipinski definition) is 1. The van der Waals surface area contributed by atoms with Crippen LogP contribution in [0.25, 0.3) is 0 Å². The average molecular weight is 483 g/mol. The Morgan fingerprint density at radius 1 is 1.11 bits per heavy atom. The summed E-state index contributed by atoms with van der Waals surface area (Å²) in [6.45, 7) is 1.89. The highest BCUT2D eigenvalue weighted by Crippen LogP contribution is 2.54. The number of piperidine rings is 1. The van der Waals surface area contributed by atoms with Crippen molar-refractivity contribution in [1.82, 2.24) is 14.9 Å². The molecule has 0 spiro atoms. The van der Waals surface area contributed by atoms with Crippen LogP contribution in [0.4, 0.5) is 9.18 Å². The van der Waals surface area contributed by atoms with E-state index in [1.165, 1.54) is 19.2 Å². The van der Waals surface area contributed by atoms with E-state index in [4.69, 9.17) is 15.2 Å². The Hall–Kier alpha value is -3.17. The maximum atomic E-state index is 14.5. The van der Waals surface area contributed by atoms with E-state index in [0.29, 0.717) is 17.9 Å². The summed E-state index contributed by atoms with van der Waals surface area (Å²) < 4.78 is 25.9. The molecule has 35 heavy (non-hydrogen) atoms. The van der Waals surface area contributed by atoms with Gasteiger partial charge in [0.1, 0.15) is 11.6 Å². The Bertz CT molecular complexity index is 1080. The standard InChI is InChI=1S/C26H31FN4O4/c1-34-26(33)31-24(17-8-4-2-5-9-17)20-16-35-21-11-10-18(27)14-19(21)25(20)30(31)23(15-22(28)32)29-12-6-3-7-13-29/h2,4-5,8-11,14,20,23-25H,3,6-7,12-13,15-16H2,1H3,(H2,28,32). The van der Waals surface area contributed by atoms with Gasteiger partial charge in [0, 0.05) is 11.5 Å². The zero-order valence-electron chi connectivity index (χ0n) is 19.8. The SMILES string of the molecule is COC(=O)N1C(c2ccccc2)C2COc3ccc(F)cc3C2N1C(CC(N)=O)N1CCCCC1. The molecule has 4 atom stereocenters. The van der Waals surface area contributed by atoms with E-state index in [1.54, 1.807) is 11.1 Å². The number of nitrogens with zero attached hydrogens (tertiary/aromatic N) is 3. The van der Waals surface area contributed by atoms with Crippen LogP contribution < -0.4 is 10.5 Å². The molecule has 5 rings (SSSR count). The lowest BCUT2D eigenvalue weighted by Gasteiger charge is -2.45. The summed E-state index contributed by atoms with van der Waals surface area (Å²) in [6.07, 6.45) is 2.10. The highest BCUT2D eigenvalue weighted by molar-refractivity contribution is 5.74. The van der Waals surface area contributed by atoms with E-state index in [-0.39, 0.29) is 18.2 Å². The van der Waals surface area contributed by atoms with Crippen LogP contribution in [0.5, 0.6) is 5.75 Å². The number of ether oxygens (including phenoxy) is 2. The lowest BCUT2D eigenvalue weighted by molar-refractivity contribution is -0.133. The van der Waals surface area contributed by atoms with E-state index in [0.717, 1.165) is 37.9 Å². The van der Waals surface area contributed by atoms with E-state index in [9.17, 15) is 14.0 Å². The number of hydrazine groups is 1. The predicted octanol–water partition coefficient (Wildman–Crippen LogP) is 3.60. The van der Waals surface area contributed by atoms with Gasteiger partial charge in [0.05, 0.1) is 38.4 Å². The third-order valence-corrected chi connectivity index (χ3v) is 7.33. The molecule has 0 aliphatic carbocycles. The van der Waals surface area contributed by atoms with Gasteiger partial charge in [-0.1, -0.05) is 36.8 Å². The number of hydrogen-bond acceptors (Lipinski definition) is 6. The van der Waals surface area contributed by atoms with Crippen molar-refractivity contribution in [3.63, 3.8) is 0 Å². The molecular weight excluding hydrogens is 451 g/mol. The van der Waals surface area contributed by atoms with Gasteiger partial charge in [0.25, 0.3) is 0 Å². The van der Waals surface area contributed by atoms with Gasteiger partial charge < -0.3 is 15.2 Å². The number of carbonyl (C=O) groups excluding carboxylic acids is 2. The maximum Gasteiger partial charge on any atom is 0.424 e. The van der Waals surface area contributed by atoms with Crippen LogP contribution in [0.1, 0.15) is 48.9 Å². The van der Waals surface area contributed by atoms with Crippen molar-refractivity contribution in [2.24, 2.45) is 11.7 Å². The first-order valence-electron chi connectivity index (χ1n) is 12.1. The summed E-state index contributed by atoms with van der Waals surface area (Å²) in [6, 6.07) is 13.3. The van der Waals surface area contributed by atoms with Crippen molar-refractivity contribution in [2.75, 3.05) is 26.8 Å². The number of benzene rings is 2. The van der Waals surface area contributed by atoms with Crippen molar-refractivity contribution in [1.29, 1.82) is 0 Å². The minimum atomic E-state index is -0.544.